The molecule has 2 N–H and O–H groups in total. The molecule has 0 bridgehead atoms. The van der Waals surface area contributed by atoms with E-state index in [9.17, 15) is 9.59 Å². The highest BCUT2D eigenvalue weighted by atomic mass is 35.5. The summed E-state index contributed by atoms with van der Waals surface area (Å²) >= 11 is 6.00. The van der Waals surface area contributed by atoms with Crippen molar-refractivity contribution in [2.24, 2.45) is 11.3 Å². The van der Waals surface area contributed by atoms with E-state index >= 15 is 0 Å². The maximum absolute atomic E-state index is 13.7. The molecule has 4 rings (SSSR count). The number of aromatic amines is 1. The minimum absolute atomic E-state index is 0.0573. The van der Waals surface area contributed by atoms with Crippen LogP contribution < -0.4 is 10.1 Å². The molecule has 0 radical (unpaired) electrons. The number of carbonyl (C=O) groups excluding carboxylic acids is 2. The van der Waals surface area contributed by atoms with Gasteiger partial charge in [0.15, 0.2) is 6.10 Å². The van der Waals surface area contributed by atoms with Crippen LogP contribution in [0, 0.1) is 11.3 Å². The first kappa shape index (κ1) is 27.6. The van der Waals surface area contributed by atoms with E-state index in [-0.39, 0.29) is 29.2 Å². The number of nitrogens with zero attached hydrogens (tertiary/aromatic N) is 4. The molecule has 1 saturated carbocycles. The second kappa shape index (κ2) is 11.9. The van der Waals surface area contributed by atoms with Crippen LogP contribution in [-0.2, 0) is 11.3 Å². The lowest BCUT2D eigenvalue weighted by molar-refractivity contribution is -0.142. The summed E-state index contributed by atoms with van der Waals surface area (Å²) in [6.07, 6.45) is 3.41. The van der Waals surface area contributed by atoms with Crippen LogP contribution in [0.3, 0.4) is 0 Å². The summed E-state index contributed by atoms with van der Waals surface area (Å²) in [6, 6.07) is 14.4. The lowest BCUT2D eigenvalue weighted by Crippen LogP contribution is -2.47. The Morgan fingerprint density at radius 3 is 2.32 bits per heavy atom. The minimum atomic E-state index is -0.656. The third-order valence-corrected chi connectivity index (χ3v) is 7.51. The van der Waals surface area contributed by atoms with Gasteiger partial charge < -0.3 is 9.64 Å². The van der Waals surface area contributed by atoms with Crippen LogP contribution in [0.1, 0.15) is 69.3 Å². The van der Waals surface area contributed by atoms with Crippen molar-refractivity contribution in [1.82, 2.24) is 25.5 Å². The Hall–Kier alpha value is -3.46. The third kappa shape index (κ3) is 7.10. The van der Waals surface area contributed by atoms with Gasteiger partial charge in [-0.2, -0.15) is 5.21 Å². The molecule has 1 aliphatic rings. The van der Waals surface area contributed by atoms with Gasteiger partial charge >= 0.3 is 0 Å². The van der Waals surface area contributed by atoms with E-state index in [1.807, 2.05) is 17.0 Å². The summed E-state index contributed by atoms with van der Waals surface area (Å²) < 4.78 is 5.99. The van der Waals surface area contributed by atoms with Crippen LogP contribution in [0.15, 0.2) is 48.5 Å². The molecule has 10 heteroatoms. The van der Waals surface area contributed by atoms with Crippen molar-refractivity contribution in [2.75, 3.05) is 5.32 Å². The first-order valence-corrected chi connectivity index (χ1v) is 13.3. The Morgan fingerprint density at radius 2 is 1.74 bits per heavy atom. The van der Waals surface area contributed by atoms with Crippen molar-refractivity contribution in [3.8, 4) is 5.75 Å². The highest BCUT2D eigenvalue weighted by Gasteiger charge is 2.35. The van der Waals surface area contributed by atoms with Crippen LogP contribution in [0.25, 0.3) is 0 Å². The minimum Gasteiger partial charge on any atom is -0.481 e. The monoisotopic (exact) mass is 538 g/mol. The Morgan fingerprint density at radius 1 is 1.08 bits per heavy atom. The highest BCUT2D eigenvalue weighted by Crippen LogP contribution is 2.39. The smallest absolute Gasteiger partial charge is 0.270 e. The number of rotatable bonds is 8. The number of carbonyl (C=O) groups is 2. The van der Waals surface area contributed by atoms with Gasteiger partial charge in [-0.25, -0.2) is 0 Å². The van der Waals surface area contributed by atoms with E-state index < -0.39 is 6.10 Å². The second-order valence-electron chi connectivity index (χ2n) is 10.9. The van der Waals surface area contributed by atoms with Crippen LogP contribution in [0.4, 0.5) is 5.95 Å². The van der Waals surface area contributed by atoms with E-state index in [1.54, 1.807) is 43.3 Å². The largest absolute Gasteiger partial charge is 0.481 e. The van der Waals surface area contributed by atoms with Gasteiger partial charge in [-0.05, 0) is 91.1 Å². The van der Waals surface area contributed by atoms with Crippen LogP contribution >= 0.6 is 11.6 Å². The van der Waals surface area contributed by atoms with E-state index in [0.717, 1.165) is 31.2 Å². The van der Waals surface area contributed by atoms with Crippen LogP contribution in [-0.4, -0.2) is 49.5 Å². The fraction of sp³-hybridized carbons (Fsp3) is 0.464. The third-order valence-electron chi connectivity index (χ3n) is 7.26. The molecule has 0 aliphatic heterocycles. The number of ether oxygens (including phenoxy) is 1. The van der Waals surface area contributed by atoms with Crippen molar-refractivity contribution in [3.63, 3.8) is 0 Å². The summed E-state index contributed by atoms with van der Waals surface area (Å²) in [6.45, 7) is 9.10. The first-order chi connectivity index (χ1) is 18.1. The molecular weight excluding hydrogens is 504 g/mol. The molecule has 1 unspecified atom stereocenters. The number of halogens is 1. The summed E-state index contributed by atoms with van der Waals surface area (Å²) in [4.78, 5) is 28.2. The van der Waals surface area contributed by atoms with Crippen molar-refractivity contribution < 1.29 is 14.3 Å². The molecule has 38 heavy (non-hydrogen) atoms. The maximum atomic E-state index is 13.7. The lowest BCUT2D eigenvalue weighted by Gasteiger charge is -2.41. The predicted octanol–water partition coefficient (Wildman–Crippen LogP) is 5.51. The number of benzene rings is 2. The summed E-state index contributed by atoms with van der Waals surface area (Å²) in [5.41, 5.74) is 1.65. The predicted molar refractivity (Wildman–Crippen MR) is 146 cm³/mol. The number of hydrogen-bond donors (Lipinski definition) is 2. The number of nitrogens with one attached hydrogen (secondary N) is 2. The van der Waals surface area contributed by atoms with Gasteiger partial charge in [-0.1, -0.05) is 49.6 Å². The summed E-state index contributed by atoms with van der Waals surface area (Å²) in [5, 5.41) is 16.4. The second-order valence-corrected chi connectivity index (χ2v) is 11.4. The molecule has 1 atom stereocenters. The summed E-state index contributed by atoms with van der Waals surface area (Å²) in [7, 11) is 0. The van der Waals surface area contributed by atoms with Crippen molar-refractivity contribution in [2.45, 2.75) is 72.1 Å². The molecule has 1 fully saturated rings. The zero-order chi connectivity index (χ0) is 27.3. The molecule has 0 spiro atoms. The van der Waals surface area contributed by atoms with Crippen LogP contribution in [0.2, 0.25) is 5.02 Å². The van der Waals surface area contributed by atoms with Crippen LogP contribution in [0.5, 0.6) is 5.75 Å². The molecule has 202 valence electrons. The Balaban J connectivity index is 1.48. The molecule has 1 heterocycles. The zero-order valence-corrected chi connectivity index (χ0v) is 23.0. The lowest BCUT2D eigenvalue weighted by atomic mass is 9.71. The number of tetrazole rings is 1. The number of hydrogen-bond acceptors (Lipinski definition) is 6. The molecule has 3 aromatic rings. The topological polar surface area (TPSA) is 113 Å². The SMILES string of the molecule is CC(Oc1ccc(Cl)cc1)C(=O)N(Cc1ccc(C(=O)Nc2nn[nH]n2)cc1)C1CCC(C(C)(C)C)CC1. The van der Waals surface area contributed by atoms with E-state index in [1.165, 1.54) is 0 Å². The van der Waals surface area contributed by atoms with E-state index in [0.29, 0.717) is 28.8 Å². The van der Waals surface area contributed by atoms with E-state index in [2.05, 4.69) is 46.7 Å². The highest BCUT2D eigenvalue weighted by molar-refractivity contribution is 6.30. The first-order valence-electron chi connectivity index (χ1n) is 13.0. The van der Waals surface area contributed by atoms with E-state index in [4.69, 9.17) is 16.3 Å². The molecule has 2 aromatic carbocycles. The van der Waals surface area contributed by atoms with Gasteiger partial charge in [-0.3, -0.25) is 14.9 Å². The molecule has 1 aromatic heterocycles. The van der Waals surface area contributed by atoms with Gasteiger partial charge in [0.05, 0.1) is 0 Å². The molecular formula is C28H35ClN6O3. The van der Waals surface area contributed by atoms with Crippen molar-refractivity contribution in [3.05, 3.63) is 64.7 Å². The molecule has 9 nitrogen and oxygen atoms in total. The standard InChI is InChI=1S/C28H35ClN6O3/c1-18(38-24-15-11-22(29)12-16-24)26(37)35(23-13-9-21(10-14-23)28(2,3)4)17-19-5-7-20(8-6-19)25(36)30-27-31-33-34-32-27/h5-8,11-12,15-16,18,21,23H,9-10,13-14,17H2,1-4H3,(H2,30,31,32,33,34,36). The van der Waals surface area contributed by atoms with Gasteiger partial charge in [0.1, 0.15) is 5.75 Å². The Kier molecular flexibility index (Phi) is 8.66. The number of H-pyrrole nitrogens is 1. The van der Waals surface area contributed by atoms with Gasteiger partial charge in [-0.15, -0.1) is 5.10 Å². The number of amides is 2. The zero-order valence-electron chi connectivity index (χ0n) is 22.3. The van der Waals surface area contributed by atoms with Gasteiger partial charge in [0.25, 0.3) is 17.8 Å². The Bertz CT molecular complexity index is 1200. The average Bonchev–Trinajstić information content (AvgIpc) is 3.41. The van der Waals surface area contributed by atoms with Gasteiger partial charge in [0.2, 0.25) is 0 Å². The maximum Gasteiger partial charge on any atom is 0.270 e. The molecule has 1 aliphatic carbocycles. The summed E-state index contributed by atoms with van der Waals surface area (Å²) in [5.74, 6) is 0.949. The normalized spacial score (nSPS) is 18.4. The average molecular weight is 539 g/mol. The quantitative estimate of drug-likeness (QED) is 0.391. The molecule has 2 amide bonds. The van der Waals surface area contributed by atoms with Crippen molar-refractivity contribution in [1.29, 1.82) is 0 Å². The number of anilines is 1. The fourth-order valence-electron chi connectivity index (χ4n) is 4.99. The molecule has 0 saturated heterocycles. The Labute approximate surface area is 228 Å². The fourth-order valence-corrected chi connectivity index (χ4v) is 5.11. The van der Waals surface area contributed by atoms with Crippen molar-refractivity contribution >= 4 is 29.4 Å². The number of aromatic nitrogens is 4. The van der Waals surface area contributed by atoms with Gasteiger partial charge in [0, 0.05) is 23.2 Å².